The predicted molar refractivity (Wildman–Crippen MR) is 80.8 cm³/mol. The number of carbonyl (C=O) groups excluding carboxylic acids is 1. The number of nitrogens with one attached hydrogen (secondary N) is 1. The molecule has 0 aliphatic heterocycles. The number of benzene rings is 1. The Morgan fingerprint density at radius 1 is 1.47 bits per heavy atom. The lowest BCUT2D eigenvalue weighted by Gasteiger charge is -2.20. The summed E-state index contributed by atoms with van der Waals surface area (Å²) in [6.07, 6.45) is -0.540. The van der Waals surface area contributed by atoms with Gasteiger partial charge in [0.05, 0.1) is 5.69 Å². The number of halogens is 1. The maximum atomic E-state index is 11.7. The Kier molecular flexibility index (Phi) is 5.00. The summed E-state index contributed by atoms with van der Waals surface area (Å²) in [6.45, 7) is 9.26. The first-order valence-corrected chi connectivity index (χ1v) is 6.92. The third kappa shape index (κ3) is 4.95. The van der Waals surface area contributed by atoms with Crippen molar-refractivity contribution >= 4 is 33.3 Å². The molecule has 0 bridgehead atoms. The van der Waals surface area contributed by atoms with Crippen LogP contribution in [0.4, 0.5) is 10.5 Å². The van der Waals surface area contributed by atoms with Gasteiger partial charge in [0.1, 0.15) is 11.4 Å². The van der Waals surface area contributed by atoms with E-state index in [1.165, 1.54) is 6.07 Å². The van der Waals surface area contributed by atoms with Gasteiger partial charge in [-0.15, -0.1) is 0 Å². The quantitative estimate of drug-likeness (QED) is 0.647. The second-order valence-corrected chi connectivity index (χ2v) is 5.65. The van der Waals surface area contributed by atoms with E-state index in [9.17, 15) is 9.90 Å². The van der Waals surface area contributed by atoms with Crippen molar-refractivity contribution in [3.8, 4) is 5.75 Å². The van der Waals surface area contributed by atoms with Crippen molar-refractivity contribution < 1.29 is 14.6 Å². The molecule has 0 fully saturated rings. The fourth-order valence-corrected chi connectivity index (χ4v) is 1.72. The first-order chi connectivity index (χ1) is 8.73. The van der Waals surface area contributed by atoms with E-state index in [0.717, 1.165) is 5.57 Å². The first-order valence-electron chi connectivity index (χ1n) is 5.80. The molecule has 0 aromatic heterocycles. The average Bonchev–Trinajstić information content (AvgIpc) is 2.28. The van der Waals surface area contributed by atoms with Gasteiger partial charge in [-0.25, -0.2) is 4.79 Å². The van der Waals surface area contributed by atoms with Gasteiger partial charge < -0.3 is 9.84 Å². The fourth-order valence-electron chi connectivity index (χ4n) is 1.42. The van der Waals surface area contributed by atoms with Gasteiger partial charge in [0.2, 0.25) is 0 Å². The van der Waals surface area contributed by atoms with Crippen molar-refractivity contribution in [1.29, 1.82) is 0 Å². The monoisotopic (exact) mass is 327 g/mol. The summed E-state index contributed by atoms with van der Waals surface area (Å²) < 4.78 is 5.19. The summed E-state index contributed by atoms with van der Waals surface area (Å²) in [7, 11) is 0. The first kappa shape index (κ1) is 15.6. The highest BCUT2D eigenvalue weighted by molar-refractivity contribution is 9.09. The molecule has 1 aromatic rings. The number of phenolic OH excluding ortho intramolecular Hbond substituents is 1. The average molecular weight is 328 g/mol. The van der Waals surface area contributed by atoms with E-state index in [4.69, 9.17) is 4.74 Å². The van der Waals surface area contributed by atoms with Crippen LogP contribution in [-0.4, -0.2) is 22.1 Å². The Balaban J connectivity index is 2.95. The molecule has 104 valence electrons. The molecule has 0 atom stereocenters. The molecule has 0 spiro atoms. The number of anilines is 1. The molecule has 4 nitrogen and oxygen atoms in total. The molecule has 2 N–H and O–H groups in total. The standard InChI is InChI=1S/C14H18BrNO3/c1-9(8-15)11-7-10(17)5-6-12(11)16-13(18)19-14(2,3)4/h5-7,17H,1,8H2,2-4H3,(H,16,18). The molecule has 0 heterocycles. The van der Waals surface area contributed by atoms with Crippen LogP contribution >= 0.6 is 15.9 Å². The van der Waals surface area contributed by atoms with Crippen molar-refractivity contribution in [2.45, 2.75) is 26.4 Å². The second kappa shape index (κ2) is 6.10. The summed E-state index contributed by atoms with van der Waals surface area (Å²) in [5, 5.41) is 12.7. The number of alkyl halides is 1. The zero-order valence-electron chi connectivity index (χ0n) is 11.3. The Morgan fingerprint density at radius 3 is 2.63 bits per heavy atom. The number of amides is 1. The molecule has 0 aliphatic rings. The van der Waals surface area contributed by atoms with Gasteiger partial charge in [0.25, 0.3) is 0 Å². The number of carbonyl (C=O) groups is 1. The summed E-state index contributed by atoms with van der Waals surface area (Å²) in [5.74, 6) is 0.117. The molecule has 0 radical (unpaired) electrons. The van der Waals surface area contributed by atoms with Crippen LogP contribution in [-0.2, 0) is 4.74 Å². The lowest BCUT2D eigenvalue weighted by Crippen LogP contribution is -2.27. The lowest BCUT2D eigenvalue weighted by molar-refractivity contribution is 0.0636. The fraction of sp³-hybridized carbons (Fsp3) is 0.357. The van der Waals surface area contributed by atoms with Gasteiger partial charge in [0, 0.05) is 10.9 Å². The molecule has 0 saturated carbocycles. The van der Waals surface area contributed by atoms with Gasteiger partial charge in [-0.05, 0) is 44.5 Å². The zero-order valence-corrected chi connectivity index (χ0v) is 12.9. The van der Waals surface area contributed by atoms with Gasteiger partial charge in [-0.3, -0.25) is 5.32 Å². The summed E-state index contributed by atoms with van der Waals surface area (Å²) in [5.41, 5.74) is 1.41. The van der Waals surface area contributed by atoms with E-state index in [1.807, 2.05) is 0 Å². The van der Waals surface area contributed by atoms with Crippen LogP contribution in [0.5, 0.6) is 5.75 Å². The largest absolute Gasteiger partial charge is 0.508 e. The highest BCUT2D eigenvalue weighted by Gasteiger charge is 2.17. The van der Waals surface area contributed by atoms with Crippen LogP contribution in [0.25, 0.3) is 5.57 Å². The Morgan fingerprint density at radius 2 is 2.11 bits per heavy atom. The van der Waals surface area contributed by atoms with Gasteiger partial charge in [0.15, 0.2) is 0 Å². The molecule has 5 heteroatoms. The number of allylic oxidation sites excluding steroid dienone is 1. The highest BCUT2D eigenvalue weighted by atomic mass is 79.9. The molecule has 1 amide bonds. The molecule has 1 aromatic carbocycles. The second-order valence-electron chi connectivity index (χ2n) is 5.09. The SMILES string of the molecule is C=C(CBr)c1cc(O)ccc1NC(=O)OC(C)(C)C. The lowest BCUT2D eigenvalue weighted by atomic mass is 10.1. The van der Waals surface area contributed by atoms with E-state index < -0.39 is 11.7 Å². The molecule has 0 unspecified atom stereocenters. The van der Waals surface area contributed by atoms with Crippen LogP contribution < -0.4 is 5.32 Å². The summed E-state index contributed by atoms with van der Waals surface area (Å²) in [6, 6.07) is 4.66. The van der Waals surface area contributed by atoms with Crippen LogP contribution in [0, 0.1) is 0 Å². The van der Waals surface area contributed by atoms with Crippen LogP contribution in [0.15, 0.2) is 24.8 Å². The normalized spacial score (nSPS) is 10.9. The minimum absolute atomic E-state index is 0.117. The van der Waals surface area contributed by atoms with Crippen molar-refractivity contribution in [3.05, 3.63) is 30.3 Å². The van der Waals surface area contributed by atoms with E-state index >= 15 is 0 Å². The minimum atomic E-state index is -0.562. The third-order valence-electron chi connectivity index (χ3n) is 2.18. The molecule has 1 rings (SSSR count). The van der Waals surface area contributed by atoms with Crippen molar-refractivity contribution in [3.63, 3.8) is 0 Å². The molecular weight excluding hydrogens is 310 g/mol. The molecule has 0 saturated heterocycles. The van der Waals surface area contributed by atoms with Crippen LogP contribution in [0.2, 0.25) is 0 Å². The molecular formula is C14H18BrNO3. The number of ether oxygens (including phenoxy) is 1. The minimum Gasteiger partial charge on any atom is -0.508 e. The topological polar surface area (TPSA) is 58.6 Å². The van der Waals surface area contributed by atoms with Gasteiger partial charge >= 0.3 is 6.09 Å². The number of aromatic hydroxyl groups is 1. The highest BCUT2D eigenvalue weighted by Crippen LogP contribution is 2.28. The van der Waals surface area contributed by atoms with E-state index in [2.05, 4.69) is 27.8 Å². The Hall–Kier alpha value is -1.49. The number of hydrogen-bond donors (Lipinski definition) is 2. The molecule has 19 heavy (non-hydrogen) atoms. The van der Waals surface area contributed by atoms with E-state index in [1.54, 1.807) is 32.9 Å². The van der Waals surface area contributed by atoms with Gasteiger partial charge in [-0.2, -0.15) is 0 Å². The number of rotatable bonds is 3. The number of hydrogen-bond acceptors (Lipinski definition) is 3. The Labute approximate surface area is 121 Å². The maximum absolute atomic E-state index is 11.7. The van der Waals surface area contributed by atoms with Crippen LogP contribution in [0.3, 0.4) is 0 Å². The van der Waals surface area contributed by atoms with E-state index in [-0.39, 0.29) is 5.75 Å². The van der Waals surface area contributed by atoms with Crippen molar-refractivity contribution in [2.75, 3.05) is 10.6 Å². The summed E-state index contributed by atoms with van der Waals surface area (Å²) in [4.78, 5) is 11.7. The summed E-state index contributed by atoms with van der Waals surface area (Å²) >= 11 is 3.30. The van der Waals surface area contributed by atoms with Gasteiger partial charge in [-0.1, -0.05) is 22.5 Å². The maximum Gasteiger partial charge on any atom is 0.412 e. The van der Waals surface area contributed by atoms with E-state index in [0.29, 0.717) is 16.6 Å². The zero-order chi connectivity index (χ0) is 14.6. The van der Waals surface area contributed by atoms with Crippen LogP contribution in [0.1, 0.15) is 26.3 Å². The number of phenols is 1. The Bertz CT molecular complexity index is 492. The predicted octanol–water partition coefficient (Wildman–Crippen LogP) is 4.15. The smallest absolute Gasteiger partial charge is 0.412 e. The third-order valence-corrected chi connectivity index (χ3v) is 2.86. The molecule has 0 aliphatic carbocycles. The van der Waals surface area contributed by atoms with Crippen molar-refractivity contribution in [1.82, 2.24) is 0 Å². The van der Waals surface area contributed by atoms with Crippen molar-refractivity contribution in [2.24, 2.45) is 0 Å².